The number of methoxy groups -OCH3 is 1. The Labute approximate surface area is 163 Å². The summed E-state index contributed by atoms with van der Waals surface area (Å²) in [6.45, 7) is 2.89. The van der Waals surface area contributed by atoms with Gasteiger partial charge in [-0.05, 0) is 36.2 Å². The molecule has 0 unspecified atom stereocenters. The second kappa shape index (κ2) is 9.73. The van der Waals surface area contributed by atoms with Crippen LogP contribution in [0, 0.1) is 0 Å². The van der Waals surface area contributed by atoms with Crippen LogP contribution in [0.5, 0.6) is 11.5 Å². The number of anilines is 1. The van der Waals surface area contributed by atoms with Gasteiger partial charge >= 0.3 is 0 Å². The van der Waals surface area contributed by atoms with Gasteiger partial charge in [-0.3, -0.25) is 5.43 Å². The molecule has 0 aliphatic rings. The number of ether oxygens (including phenoxy) is 2. The highest BCUT2D eigenvalue weighted by molar-refractivity contribution is 7.14. The fraction of sp³-hybridized carbons (Fsp3) is 0.238. The van der Waals surface area contributed by atoms with Crippen LogP contribution in [0.25, 0.3) is 11.3 Å². The van der Waals surface area contributed by atoms with Crippen molar-refractivity contribution < 1.29 is 9.47 Å². The summed E-state index contributed by atoms with van der Waals surface area (Å²) in [5.74, 6) is 1.66. The van der Waals surface area contributed by atoms with Crippen molar-refractivity contribution in [2.75, 3.05) is 19.1 Å². The van der Waals surface area contributed by atoms with E-state index in [1.165, 1.54) is 11.3 Å². The number of hydrogen-bond donors (Lipinski definition) is 1. The maximum absolute atomic E-state index is 5.72. The molecule has 140 valence electrons. The minimum Gasteiger partial charge on any atom is -0.496 e. The van der Waals surface area contributed by atoms with E-state index in [0.717, 1.165) is 52.9 Å². The molecule has 3 rings (SSSR count). The van der Waals surface area contributed by atoms with Crippen molar-refractivity contribution in [3.63, 3.8) is 0 Å². The molecule has 6 heteroatoms. The average molecular weight is 382 g/mol. The van der Waals surface area contributed by atoms with Gasteiger partial charge in [0.1, 0.15) is 11.5 Å². The zero-order chi connectivity index (χ0) is 18.9. The lowest BCUT2D eigenvalue weighted by molar-refractivity contribution is 0.309. The van der Waals surface area contributed by atoms with Crippen molar-refractivity contribution in [3.8, 4) is 22.8 Å². The average Bonchev–Trinajstić information content (AvgIpc) is 3.17. The summed E-state index contributed by atoms with van der Waals surface area (Å²) >= 11 is 1.50. The van der Waals surface area contributed by atoms with Crippen molar-refractivity contribution in [2.45, 2.75) is 19.8 Å². The number of rotatable bonds is 9. The monoisotopic (exact) mass is 381 g/mol. The quantitative estimate of drug-likeness (QED) is 0.304. The van der Waals surface area contributed by atoms with Crippen LogP contribution in [0.15, 0.2) is 59.0 Å². The number of hydrazone groups is 1. The van der Waals surface area contributed by atoms with Crippen LogP contribution >= 0.6 is 11.3 Å². The van der Waals surface area contributed by atoms with Gasteiger partial charge in [-0.15, -0.1) is 11.3 Å². The van der Waals surface area contributed by atoms with Crippen molar-refractivity contribution in [1.29, 1.82) is 0 Å². The summed E-state index contributed by atoms with van der Waals surface area (Å²) in [6, 6.07) is 15.7. The Hall–Kier alpha value is -2.86. The predicted octanol–water partition coefficient (Wildman–Crippen LogP) is 5.44. The number of thiazole rings is 1. The first-order valence-electron chi connectivity index (χ1n) is 8.91. The SMILES string of the molecule is CCCCOc1cccc(/C=N\Nc2nc(-c3ccccc3OC)cs2)c1. The molecule has 0 atom stereocenters. The van der Waals surface area contributed by atoms with E-state index in [2.05, 4.69) is 22.4 Å². The van der Waals surface area contributed by atoms with Crippen LogP contribution < -0.4 is 14.9 Å². The molecule has 0 spiro atoms. The molecule has 0 radical (unpaired) electrons. The topological polar surface area (TPSA) is 55.7 Å². The van der Waals surface area contributed by atoms with Crippen molar-refractivity contribution in [2.24, 2.45) is 5.10 Å². The molecule has 1 heterocycles. The summed E-state index contributed by atoms with van der Waals surface area (Å²) in [5.41, 5.74) is 5.78. The molecule has 0 saturated carbocycles. The van der Waals surface area contributed by atoms with E-state index in [1.807, 2.05) is 53.9 Å². The van der Waals surface area contributed by atoms with Gasteiger partial charge in [-0.1, -0.05) is 37.6 Å². The number of hydrogen-bond acceptors (Lipinski definition) is 6. The largest absolute Gasteiger partial charge is 0.496 e. The molecule has 0 amide bonds. The van der Waals surface area contributed by atoms with Crippen LogP contribution in [0.1, 0.15) is 25.3 Å². The van der Waals surface area contributed by atoms with Crippen LogP contribution in [0.2, 0.25) is 0 Å². The zero-order valence-corrected chi connectivity index (χ0v) is 16.3. The van der Waals surface area contributed by atoms with Gasteiger partial charge in [-0.2, -0.15) is 5.10 Å². The third-order valence-electron chi connectivity index (χ3n) is 3.89. The van der Waals surface area contributed by atoms with E-state index in [4.69, 9.17) is 9.47 Å². The lowest BCUT2D eigenvalue weighted by atomic mass is 10.1. The van der Waals surface area contributed by atoms with Crippen LogP contribution in [0.3, 0.4) is 0 Å². The zero-order valence-electron chi connectivity index (χ0n) is 15.5. The van der Waals surface area contributed by atoms with E-state index < -0.39 is 0 Å². The lowest BCUT2D eigenvalue weighted by Gasteiger charge is -2.05. The van der Waals surface area contributed by atoms with Gasteiger partial charge in [0.05, 0.1) is 25.6 Å². The summed E-state index contributed by atoms with van der Waals surface area (Å²) in [5, 5.41) is 6.99. The van der Waals surface area contributed by atoms with Gasteiger partial charge in [0, 0.05) is 10.9 Å². The number of nitrogens with one attached hydrogen (secondary N) is 1. The standard InChI is InChI=1S/C21H23N3O2S/c1-3-4-12-26-17-9-7-8-16(13-17)14-22-24-21-23-19(15-27-21)18-10-5-6-11-20(18)25-2/h5-11,13-15H,3-4,12H2,1-2H3,(H,23,24)/b22-14-. The van der Waals surface area contributed by atoms with Crippen LogP contribution in [-0.2, 0) is 0 Å². The van der Waals surface area contributed by atoms with Crippen molar-refractivity contribution >= 4 is 22.7 Å². The second-order valence-corrected chi connectivity index (χ2v) is 6.74. The Kier molecular flexibility index (Phi) is 6.82. The smallest absolute Gasteiger partial charge is 0.203 e. The molecule has 1 N–H and O–H groups in total. The Morgan fingerprint density at radius 1 is 1.19 bits per heavy atom. The second-order valence-electron chi connectivity index (χ2n) is 5.88. The minimum absolute atomic E-state index is 0.725. The van der Waals surface area contributed by atoms with E-state index >= 15 is 0 Å². The van der Waals surface area contributed by atoms with Gasteiger partial charge in [0.2, 0.25) is 5.13 Å². The number of benzene rings is 2. The number of para-hydroxylation sites is 1. The van der Waals surface area contributed by atoms with Gasteiger partial charge < -0.3 is 9.47 Å². The molecule has 2 aromatic carbocycles. The first kappa shape index (κ1) is 18.9. The van der Waals surface area contributed by atoms with Crippen LogP contribution in [-0.4, -0.2) is 24.9 Å². The Morgan fingerprint density at radius 2 is 2.07 bits per heavy atom. The van der Waals surface area contributed by atoms with E-state index in [1.54, 1.807) is 13.3 Å². The van der Waals surface area contributed by atoms with Crippen LogP contribution in [0.4, 0.5) is 5.13 Å². The number of unbranched alkanes of at least 4 members (excludes halogenated alkanes) is 1. The molecule has 0 aliphatic carbocycles. The Morgan fingerprint density at radius 3 is 2.93 bits per heavy atom. The number of nitrogens with zero attached hydrogens (tertiary/aromatic N) is 2. The highest BCUT2D eigenvalue weighted by atomic mass is 32.1. The van der Waals surface area contributed by atoms with Crippen molar-refractivity contribution in [3.05, 3.63) is 59.5 Å². The van der Waals surface area contributed by atoms with Gasteiger partial charge in [-0.25, -0.2) is 4.98 Å². The predicted molar refractivity (Wildman–Crippen MR) is 112 cm³/mol. The fourth-order valence-electron chi connectivity index (χ4n) is 2.49. The highest BCUT2D eigenvalue weighted by Gasteiger charge is 2.08. The summed E-state index contributed by atoms with van der Waals surface area (Å²) in [6.07, 6.45) is 3.94. The normalized spacial score (nSPS) is 10.9. The third-order valence-corrected chi connectivity index (χ3v) is 4.63. The maximum Gasteiger partial charge on any atom is 0.203 e. The number of aromatic nitrogens is 1. The molecule has 0 fully saturated rings. The maximum atomic E-state index is 5.72. The molecular weight excluding hydrogens is 358 g/mol. The summed E-state index contributed by atoms with van der Waals surface area (Å²) < 4.78 is 11.1. The molecule has 27 heavy (non-hydrogen) atoms. The van der Waals surface area contributed by atoms with Gasteiger partial charge in [0.25, 0.3) is 0 Å². The molecule has 0 bridgehead atoms. The Bertz CT molecular complexity index is 892. The Balaban J connectivity index is 1.62. The molecule has 5 nitrogen and oxygen atoms in total. The summed E-state index contributed by atoms with van der Waals surface area (Å²) in [7, 11) is 1.66. The van der Waals surface area contributed by atoms with Crippen molar-refractivity contribution in [1.82, 2.24) is 4.98 Å². The molecule has 0 aliphatic heterocycles. The molecular formula is C21H23N3O2S. The fourth-order valence-corrected chi connectivity index (χ4v) is 3.15. The highest BCUT2D eigenvalue weighted by Crippen LogP contribution is 2.31. The van der Waals surface area contributed by atoms with E-state index in [9.17, 15) is 0 Å². The lowest BCUT2D eigenvalue weighted by Crippen LogP contribution is -1.97. The third kappa shape index (κ3) is 5.31. The molecule has 0 saturated heterocycles. The van der Waals surface area contributed by atoms with E-state index in [-0.39, 0.29) is 0 Å². The first-order valence-corrected chi connectivity index (χ1v) is 9.79. The molecule has 1 aromatic heterocycles. The summed E-state index contributed by atoms with van der Waals surface area (Å²) in [4.78, 5) is 4.58. The van der Waals surface area contributed by atoms with Gasteiger partial charge in [0.15, 0.2) is 0 Å². The van der Waals surface area contributed by atoms with E-state index in [0.29, 0.717) is 0 Å². The minimum atomic E-state index is 0.725. The molecule has 3 aromatic rings. The first-order chi connectivity index (χ1) is 13.3.